The van der Waals surface area contributed by atoms with Gasteiger partial charge in [-0.2, -0.15) is 0 Å². The van der Waals surface area contributed by atoms with Gasteiger partial charge in [0, 0.05) is 18.5 Å². The molecule has 1 radical (unpaired) electrons. The van der Waals surface area contributed by atoms with E-state index < -0.39 is 11.9 Å². The Balaban J connectivity index is 0.00000112. The van der Waals surface area contributed by atoms with Crippen molar-refractivity contribution in [2.24, 2.45) is 9.98 Å². The molecule has 7 nitrogen and oxygen atoms in total. The quantitative estimate of drug-likeness (QED) is 0.256. The van der Waals surface area contributed by atoms with E-state index >= 15 is 0 Å². The molecule has 0 aromatic heterocycles. The van der Waals surface area contributed by atoms with E-state index in [1.54, 1.807) is 0 Å². The van der Waals surface area contributed by atoms with Gasteiger partial charge in [0.1, 0.15) is 0 Å². The van der Waals surface area contributed by atoms with Crippen LogP contribution in [0.1, 0.15) is 30.5 Å². The molecule has 0 aliphatic heterocycles. The van der Waals surface area contributed by atoms with Crippen molar-refractivity contribution in [1.82, 2.24) is 4.90 Å². The molecule has 0 aliphatic carbocycles. The zero-order valence-electron chi connectivity index (χ0n) is 19.7. The number of carbonyl (C=O) groups excluding carboxylic acids is 2. The van der Waals surface area contributed by atoms with Gasteiger partial charge in [0.05, 0.1) is 25.8 Å². The average Bonchev–Trinajstić information content (AvgIpc) is 2.80. The summed E-state index contributed by atoms with van der Waals surface area (Å²) in [5.74, 6) is -2.17. The average molecular weight is 523 g/mol. The molecule has 0 spiro atoms. The maximum Gasteiger partial charge on any atom is 2.00 e. The molecule has 35 heavy (non-hydrogen) atoms. The predicted octanol–water partition coefficient (Wildman–Crippen LogP) is 2.46. The molecule has 0 bridgehead atoms. The number of carboxylic acids is 2. The molecular formula is C27H29CuN3O4. The summed E-state index contributed by atoms with van der Waals surface area (Å²) in [6.07, 6.45) is 3.74. The van der Waals surface area contributed by atoms with Crippen molar-refractivity contribution in [2.75, 3.05) is 0 Å². The van der Waals surface area contributed by atoms with Gasteiger partial charge in [0.15, 0.2) is 0 Å². The standard InChI is InChI=1S/C23H23N3.2C2H4O2.Cu/c1-4-10-21(11-5-1)16-24-19-26(18-23-14-8-3-9-15-23)20-25-17-22-12-6-2-7-13-22;2*1-2(3)4;/h1-15,19-20H,16-18H2;2*1H3,(H,3,4);/q;;;+2/p-2. The van der Waals surface area contributed by atoms with Crippen molar-refractivity contribution in [3.8, 4) is 0 Å². The second kappa shape index (κ2) is 19.7. The molecule has 0 aliphatic rings. The van der Waals surface area contributed by atoms with Crippen LogP contribution >= 0.6 is 0 Å². The molecule has 0 saturated carbocycles. The molecule has 0 unspecified atom stereocenters. The molecule has 3 aromatic carbocycles. The number of rotatable bonds is 8. The molecule has 0 fully saturated rings. The molecular weight excluding hydrogens is 494 g/mol. The SMILES string of the molecule is C(=NCc1ccccc1)N(C=NCc1ccccc1)Cc1ccccc1.CC(=O)[O-].CC(=O)[O-].[Cu+2]. The number of aliphatic carboxylic acids is 2. The molecule has 0 N–H and O–H groups in total. The molecule has 0 saturated heterocycles. The maximum absolute atomic E-state index is 8.89. The smallest absolute Gasteiger partial charge is 0.550 e. The first-order valence-electron chi connectivity index (χ1n) is 10.6. The minimum Gasteiger partial charge on any atom is -0.550 e. The topological polar surface area (TPSA) is 108 Å². The number of carbonyl (C=O) groups is 2. The number of nitrogens with zero attached hydrogens (tertiary/aromatic N) is 3. The minimum atomic E-state index is -1.08. The van der Waals surface area contributed by atoms with Crippen LogP contribution < -0.4 is 10.2 Å². The fourth-order valence-corrected chi connectivity index (χ4v) is 2.57. The fourth-order valence-electron chi connectivity index (χ4n) is 2.57. The molecule has 187 valence electrons. The zero-order chi connectivity index (χ0) is 25.0. The number of hydrogen-bond acceptors (Lipinski definition) is 6. The van der Waals surface area contributed by atoms with E-state index in [1.807, 2.05) is 60.0 Å². The second-order valence-electron chi connectivity index (χ2n) is 7.02. The van der Waals surface area contributed by atoms with Gasteiger partial charge >= 0.3 is 17.1 Å². The number of benzene rings is 3. The van der Waals surface area contributed by atoms with E-state index in [-0.39, 0.29) is 17.1 Å². The first-order chi connectivity index (χ1) is 16.4. The largest absolute Gasteiger partial charge is 2.00 e. The third kappa shape index (κ3) is 18.4. The fraction of sp³-hybridized carbons (Fsp3) is 0.185. The van der Waals surface area contributed by atoms with E-state index in [9.17, 15) is 0 Å². The summed E-state index contributed by atoms with van der Waals surface area (Å²) >= 11 is 0. The third-order valence-electron chi connectivity index (χ3n) is 3.90. The predicted molar refractivity (Wildman–Crippen MR) is 131 cm³/mol. The normalized spacial score (nSPS) is 9.77. The summed E-state index contributed by atoms with van der Waals surface area (Å²) in [6, 6.07) is 30.9. The molecule has 0 atom stereocenters. The van der Waals surface area contributed by atoms with Crippen LogP contribution in [-0.2, 0) is 46.3 Å². The van der Waals surface area contributed by atoms with Crippen LogP contribution in [0.2, 0.25) is 0 Å². The van der Waals surface area contributed by atoms with Crippen molar-refractivity contribution in [3.63, 3.8) is 0 Å². The van der Waals surface area contributed by atoms with Crippen LogP contribution in [0, 0.1) is 0 Å². The van der Waals surface area contributed by atoms with Crippen LogP contribution in [0.4, 0.5) is 0 Å². The van der Waals surface area contributed by atoms with Gasteiger partial charge in [-0.15, -0.1) is 0 Å². The summed E-state index contributed by atoms with van der Waals surface area (Å²) in [4.78, 5) is 29.0. The first-order valence-corrected chi connectivity index (χ1v) is 10.6. The summed E-state index contributed by atoms with van der Waals surface area (Å²) < 4.78 is 0. The number of hydrogen-bond donors (Lipinski definition) is 0. The van der Waals surface area contributed by atoms with Gasteiger partial charge in [-0.25, -0.2) is 0 Å². The summed E-state index contributed by atoms with van der Waals surface area (Å²) in [6.45, 7) is 4.02. The van der Waals surface area contributed by atoms with E-state index in [0.717, 1.165) is 20.4 Å². The van der Waals surface area contributed by atoms with Crippen LogP contribution in [0.3, 0.4) is 0 Å². The molecule has 3 aromatic rings. The minimum absolute atomic E-state index is 0. The Morgan fingerprint density at radius 1 is 0.657 bits per heavy atom. The van der Waals surface area contributed by atoms with E-state index in [1.165, 1.54) is 16.7 Å². The van der Waals surface area contributed by atoms with Crippen LogP contribution in [0.15, 0.2) is 101 Å². The van der Waals surface area contributed by atoms with Crippen molar-refractivity contribution in [3.05, 3.63) is 108 Å². The summed E-state index contributed by atoms with van der Waals surface area (Å²) in [7, 11) is 0. The van der Waals surface area contributed by atoms with Gasteiger partial charge < -0.3 is 24.7 Å². The van der Waals surface area contributed by atoms with Gasteiger partial charge in [-0.1, -0.05) is 91.0 Å². The van der Waals surface area contributed by atoms with Crippen molar-refractivity contribution < 1.29 is 36.9 Å². The van der Waals surface area contributed by atoms with Gasteiger partial charge in [-0.3, -0.25) is 9.98 Å². The van der Waals surface area contributed by atoms with Crippen LogP contribution in [0.5, 0.6) is 0 Å². The van der Waals surface area contributed by atoms with E-state index in [0.29, 0.717) is 13.1 Å². The Kier molecular flexibility index (Phi) is 17.6. The van der Waals surface area contributed by atoms with Gasteiger partial charge in [-0.05, 0) is 30.5 Å². The van der Waals surface area contributed by atoms with Crippen molar-refractivity contribution in [2.45, 2.75) is 33.5 Å². The summed E-state index contributed by atoms with van der Waals surface area (Å²) in [5, 5.41) is 17.8. The Bertz CT molecular complexity index is 943. The molecule has 8 heteroatoms. The van der Waals surface area contributed by atoms with Crippen molar-refractivity contribution in [1.29, 1.82) is 0 Å². The second-order valence-corrected chi connectivity index (χ2v) is 7.02. The molecule has 0 amide bonds. The van der Waals surface area contributed by atoms with Crippen LogP contribution in [-0.4, -0.2) is 29.5 Å². The van der Waals surface area contributed by atoms with Gasteiger partial charge in [0.2, 0.25) is 0 Å². The zero-order valence-corrected chi connectivity index (χ0v) is 20.7. The van der Waals surface area contributed by atoms with E-state index in [2.05, 4.69) is 58.5 Å². The Hall–Kier alpha value is -3.74. The monoisotopic (exact) mass is 522 g/mol. The molecule has 3 rings (SSSR count). The van der Waals surface area contributed by atoms with Crippen molar-refractivity contribution >= 4 is 24.6 Å². The Morgan fingerprint density at radius 2 is 0.943 bits per heavy atom. The third-order valence-corrected chi connectivity index (χ3v) is 3.90. The molecule has 0 heterocycles. The Morgan fingerprint density at radius 3 is 1.26 bits per heavy atom. The van der Waals surface area contributed by atoms with Crippen LogP contribution in [0.25, 0.3) is 0 Å². The Labute approximate surface area is 217 Å². The number of aliphatic imine (C=N–C) groups is 2. The maximum atomic E-state index is 8.89. The number of carboxylic acid groups (broad SMARTS) is 2. The first kappa shape index (κ1) is 31.3. The van der Waals surface area contributed by atoms with Gasteiger partial charge in [0.25, 0.3) is 0 Å². The van der Waals surface area contributed by atoms with E-state index in [4.69, 9.17) is 19.8 Å². The summed E-state index contributed by atoms with van der Waals surface area (Å²) in [5.41, 5.74) is 3.62.